The van der Waals surface area contributed by atoms with Crippen LogP contribution in [-0.2, 0) is 54.7 Å². The van der Waals surface area contributed by atoms with E-state index >= 15 is 0 Å². The third-order valence-electron chi connectivity index (χ3n) is 10.2. The van der Waals surface area contributed by atoms with Crippen molar-refractivity contribution >= 4 is 0 Å². The largest absolute Gasteiger partial charge is 0.491 e. The molecule has 10 nitrogen and oxygen atoms in total. The van der Waals surface area contributed by atoms with Gasteiger partial charge in [-0.3, -0.25) is 0 Å². The van der Waals surface area contributed by atoms with Crippen molar-refractivity contribution in [1.82, 2.24) is 0 Å². The minimum Gasteiger partial charge on any atom is -0.491 e. The molecule has 342 valence electrons. The zero-order valence-corrected chi connectivity index (χ0v) is 37.4. The highest BCUT2D eigenvalue weighted by molar-refractivity contribution is 5.47. The van der Waals surface area contributed by atoms with Gasteiger partial charge in [0, 0.05) is 0 Å². The highest BCUT2D eigenvalue weighted by Gasteiger charge is 2.37. The summed E-state index contributed by atoms with van der Waals surface area (Å²) in [5.74, 6) is 0.886. The van der Waals surface area contributed by atoms with Gasteiger partial charge in [0.05, 0.1) is 112 Å². The number of benzene rings is 4. The van der Waals surface area contributed by atoms with Crippen molar-refractivity contribution < 1.29 is 47.4 Å². The summed E-state index contributed by atoms with van der Waals surface area (Å²) in [5, 5.41) is 0. The molecule has 0 amide bonds. The van der Waals surface area contributed by atoms with E-state index in [4.69, 9.17) is 47.4 Å². The number of unbranched alkanes of at least 4 members (excludes halogenated alkanes) is 6. The summed E-state index contributed by atoms with van der Waals surface area (Å²) in [4.78, 5) is 0. The molecule has 0 aliphatic rings. The summed E-state index contributed by atoms with van der Waals surface area (Å²) < 4.78 is 57.6. The first kappa shape index (κ1) is 51.0. The average molecular weight is 859 g/mol. The Kier molecular flexibility index (Phi) is 28.6. The fraction of sp³-hybridized carbons (Fsp3) is 0.538. The maximum atomic E-state index is 6.74. The van der Waals surface area contributed by atoms with Gasteiger partial charge < -0.3 is 47.4 Å². The van der Waals surface area contributed by atoms with Gasteiger partial charge in [-0.1, -0.05) is 149 Å². The first-order valence-electron chi connectivity index (χ1n) is 23.0. The highest BCUT2D eigenvalue weighted by Crippen LogP contribution is 2.40. The van der Waals surface area contributed by atoms with Gasteiger partial charge in [-0.25, -0.2) is 0 Å². The van der Waals surface area contributed by atoms with Gasteiger partial charge in [0.15, 0.2) is 0 Å². The van der Waals surface area contributed by atoms with Crippen LogP contribution in [0.15, 0.2) is 115 Å². The number of ether oxygens (including phenoxy) is 10. The van der Waals surface area contributed by atoms with Crippen LogP contribution in [0.5, 0.6) is 5.75 Å². The van der Waals surface area contributed by atoms with Gasteiger partial charge in [-0.2, -0.15) is 0 Å². The summed E-state index contributed by atoms with van der Waals surface area (Å²) in [6.45, 7) is 11.2. The second-order valence-electron chi connectivity index (χ2n) is 14.9. The maximum absolute atomic E-state index is 6.74. The molecular weight excluding hydrogens is 785 g/mol. The lowest BCUT2D eigenvalue weighted by Gasteiger charge is -2.36. The van der Waals surface area contributed by atoms with Crippen molar-refractivity contribution in [1.29, 1.82) is 0 Å². The van der Waals surface area contributed by atoms with Crippen LogP contribution in [-0.4, -0.2) is 119 Å². The first-order chi connectivity index (χ1) is 30.8. The molecule has 0 aromatic heterocycles. The van der Waals surface area contributed by atoms with Crippen molar-refractivity contribution in [3.8, 4) is 5.75 Å². The van der Waals surface area contributed by atoms with E-state index in [-0.39, 0.29) is 0 Å². The van der Waals surface area contributed by atoms with E-state index in [0.717, 1.165) is 28.9 Å². The molecule has 4 rings (SSSR count). The molecule has 0 fully saturated rings. The van der Waals surface area contributed by atoms with E-state index in [9.17, 15) is 0 Å². The molecule has 10 heteroatoms. The van der Waals surface area contributed by atoms with E-state index in [1.165, 1.54) is 50.5 Å². The molecular formula is C52H74O10. The van der Waals surface area contributed by atoms with Gasteiger partial charge in [0.2, 0.25) is 0 Å². The van der Waals surface area contributed by atoms with E-state index in [2.05, 4.69) is 67.6 Å². The molecule has 0 radical (unpaired) electrons. The number of hydrogen-bond donors (Lipinski definition) is 0. The summed E-state index contributed by atoms with van der Waals surface area (Å²) in [6, 6.07) is 39.5. The maximum Gasteiger partial charge on any atom is 0.143 e. The van der Waals surface area contributed by atoms with Crippen molar-refractivity contribution in [3.05, 3.63) is 138 Å². The smallest absolute Gasteiger partial charge is 0.143 e. The Morgan fingerprint density at radius 3 is 1.02 bits per heavy atom. The van der Waals surface area contributed by atoms with Gasteiger partial charge in [0.1, 0.15) is 18.0 Å². The van der Waals surface area contributed by atoms with Crippen LogP contribution in [0.2, 0.25) is 0 Å². The van der Waals surface area contributed by atoms with Gasteiger partial charge >= 0.3 is 0 Å². The lowest BCUT2D eigenvalue weighted by atomic mass is 9.80. The lowest BCUT2D eigenvalue weighted by molar-refractivity contribution is -0.0398. The Morgan fingerprint density at radius 1 is 0.323 bits per heavy atom. The number of aryl methyl sites for hydroxylation is 1. The third kappa shape index (κ3) is 21.6. The Morgan fingerprint density at radius 2 is 0.645 bits per heavy atom. The normalized spacial score (nSPS) is 11.6. The minimum absolute atomic E-state index is 0.417. The molecule has 0 aliphatic carbocycles. The Labute approximate surface area is 372 Å². The lowest BCUT2D eigenvalue weighted by Crippen LogP contribution is -2.34. The topological polar surface area (TPSA) is 92.3 Å². The Balaban J connectivity index is 0.860. The molecule has 0 aliphatic heterocycles. The molecule has 4 aromatic carbocycles. The van der Waals surface area contributed by atoms with Crippen molar-refractivity contribution in [2.75, 3.05) is 119 Å². The summed E-state index contributed by atoms with van der Waals surface area (Å²) in [6.07, 6.45) is 10.5. The minimum atomic E-state index is -0.751. The van der Waals surface area contributed by atoms with E-state index in [1.54, 1.807) is 0 Å². The second-order valence-corrected chi connectivity index (χ2v) is 14.9. The summed E-state index contributed by atoms with van der Waals surface area (Å²) >= 11 is 0. The van der Waals surface area contributed by atoms with Crippen LogP contribution in [0.25, 0.3) is 0 Å². The van der Waals surface area contributed by atoms with Gasteiger partial charge in [0.25, 0.3) is 0 Å². The van der Waals surface area contributed by atoms with Gasteiger partial charge in [-0.05, 0) is 47.2 Å². The predicted molar refractivity (Wildman–Crippen MR) is 245 cm³/mol. The van der Waals surface area contributed by atoms with Crippen LogP contribution in [0.4, 0.5) is 0 Å². The molecule has 62 heavy (non-hydrogen) atoms. The molecule has 0 unspecified atom stereocenters. The number of hydrogen-bond acceptors (Lipinski definition) is 10. The van der Waals surface area contributed by atoms with Crippen molar-refractivity contribution in [2.45, 2.75) is 63.9 Å². The molecule has 0 N–H and O–H groups in total. The standard InChI is InChI=1S/C52H74O10/c1-2-3-4-5-6-7-11-18-47-25-27-51(28-26-47)61-45-43-59-41-39-57-37-35-55-33-31-53-29-30-54-32-34-56-36-38-58-40-42-60-44-46-62-52(48-19-12-8-13-20-48,49-21-14-9-15-22-49)50-23-16-10-17-24-50/h8-10,12-17,19-28H,2-7,11,18,29-46H2,1H3. The molecule has 0 heterocycles. The number of rotatable bonds is 40. The molecule has 0 saturated carbocycles. The van der Waals surface area contributed by atoms with Crippen LogP contribution >= 0.6 is 0 Å². The second kappa shape index (κ2) is 34.8. The quantitative estimate of drug-likeness (QED) is 0.0318. The van der Waals surface area contributed by atoms with Crippen LogP contribution in [0, 0.1) is 0 Å². The van der Waals surface area contributed by atoms with E-state index in [1.807, 2.05) is 54.6 Å². The van der Waals surface area contributed by atoms with E-state index in [0.29, 0.717) is 119 Å². The first-order valence-corrected chi connectivity index (χ1v) is 23.0. The molecule has 0 spiro atoms. The molecule has 4 aromatic rings. The van der Waals surface area contributed by atoms with Crippen molar-refractivity contribution in [3.63, 3.8) is 0 Å². The molecule has 0 saturated heterocycles. The third-order valence-corrected chi connectivity index (χ3v) is 10.2. The SMILES string of the molecule is CCCCCCCCCc1ccc(OCCOCCOCCOCCOCCOCCOCCOCCOCCOC(c2ccccc2)(c2ccccc2)c2ccccc2)cc1. The average Bonchev–Trinajstić information content (AvgIpc) is 3.32. The highest BCUT2D eigenvalue weighted by atomic mass is 16.6. The molecule has 0 bridgehead atoms. The monoisotopic (exact) mass is 859 g/mol. The van der Waals surface area contributed by atoms with Crippen molar-refractivity contribution in [2.24, 2.45) is 0 Å². The molecule has 0 atom stereocenters. The van der Waals surface area contributed by atoms with Gasteiger partial charge in [-0.15, -0.1) is 0 Å². The fourth-order valence-electron chi connectivity index (χ4n) is 6.92. The Hall–Kier alpha value is -3.68. The summed E-state index contributed by atoms with van der Waals surface area (Å²) in [7, 11) is 0. The zero-order chi connectivity index (χ0) is 43.3. The van der Waals surface area contributed by atoms with Crippen LogP contribution < -0.4 is 4.74 Å². The Bertz CT molecular complexity index is 1480. The predicted octanol–water partition coefficient (Wildman–Crippen LogP) is 9.50. The van der Waals surface area contributed by atoms with Crippen LogP contribution in [0.3, 0.4) is 0 Å². The summed E-state index contributed by atoms with van der Waals surface area (Å²) in [5.41, 5.74) is 3.84. The fourth-order valence-corrected chi connectivity index (χ4v) is 6.92. The van der Waals surface area contributed by atoms with Crippen LogP contribution in [0.1, 0.15) is 74.1 Å². The van der Waals surface area contributed by atoms with E-state index < -0.39 is 5.60 Å². The zero-order valence-electron chi connectivity index (χ0n) is 37.4.